The third-order valence-electron chi connectivity index (χ3n) is 3.46. The molecule has 3 nitrogen and oxygen atoms in total. The van der Waals surface area contributed by atoms with Crippen molar-refractivity contribution in [2.75, 3.05) is 0 Å². The SMILES string of the molecule is CC1(c2cccc([N+](=O)[O-])c2)CCCC1. The highest BCUT2D eigenvalue weighted by molar-refractivity contribution is 5.38. The molecule has 1 aromatic carbocycles. The van der Waals surface area contributed by atoms with Gasteiger partial charge in [-0.1, -0.05) is 31.9 Å². The molecule has 0 N–H and O–H groups in total. The van der Waals surface area contributed by atoms with Gasteiger partial charge in [0.05, 0.1) is 4.92 Å². The monoisotopic (exact) mass is 205 g/mol. The molecule has 1 fully saturated rings. The molecule has 80 valence electrons. The molecule has 0 aliphatic heterocycles. The maximum atomic E-state index is 10.7. The van der Waals surface area contributed by atoms with Crippen LogP contribution >= 0.6 is 0 Å². The molecule has 3 heteroatoms. The second-order valence-corrected chi connectivity index (χ2v) is 4.58. The average molecular weight is 205 g/mol. The van der Waals surface area contributed by atoms with Crippen molar-refractivity contribution < 1.29 is 4.92 Å². The Bertz CT molecular complexity index is 381. The topological polar surface area (TPSA) is 43.1 Å². The number of hydrogen-bond acceptors (Lipinski definition) is 2. The van der Waals surface area contributed by atoms with Crippen molar-refractivity contribution in [1.82, 2.24) is 0 Å². The zero-order chi connectivity index (χ0) is 10.9. The van der Waals surface area contributed by atoms with E-state index in [1.807, 2.05) is 6.07 Å². The van der Waals surface area contributed by atoms with Crippen LogP contribution in [0.3, 0.4) is 0 Å². The summed E-state index contributed by atoms with van der Waals surface area (Å²) in [4.78, 5) is 10.4. The number of nitro groups is 1. The summed E-state index contributed by atoms with van der Waals surface area (Å²) in [5.74, 6) is 0. The van der Waals surface area contributed by atoms with Crippen LogP contribution in [0.5, 0.6) is 0 Å². The predicted octanol–water partition coefficient (Wildman–Crippen LogP) is 3.43. The van der Waals surface area contributed by atoms with Crippen molar-refractivity contribution >= 4 is 5.69 Å². The quantitative estimate of drug-likeness (QED) is 0.548. The van der Waals surface area contributed by atoms with Crippen molar-refractivity contribution in [2.45, 2.75) is 38.0 Å². The van der Waals surface area contributed by atoms with Crippen LogP contribution in [0.2, 0.25) is 0 Å². The summed E-state index contributed by atoms with van der Waals surface area (Å²) in [7, 11) is 0. The fourth-order valence-electron chi connectivity index (χ4n) is 2.44. The van der Waals surface area contributed by atoms with Gasteiger partial charge in [-0.2, -0.15) is 0 Å². The smallest absolute Gasteiger partial charge is 0.258 e. The van der Waals surface area contributed by atoms with E-state index in [0.29, 0.717) is 0 Å². The summed E-state index contributed by atoms with van der Waals surface area (Å²) in [5, 5.41) is 10.7. The van der Waals surface area contributed by atoms with Gasteiger partial charge in [-0.05, 0) is 23.8 Å². The summed E-state index contributed by atoms with van der Waals surface area (Å²) < 4.78 is 0. The Balaban J connectivity index is 2.36. The Morgan fingerprint density at radius 2 is 2.00 bits per heavy atom. The van der Waals surface area contributed by atoms with Crippen LogP contribution in [0.25, 0.3) is 0 Å². The van der Waals surface area contributed by atoms with Gasteiger partial charge in [0, 0.05) is 12.1 Å². The second-order valence-electron chi connectivity index (χ2n) is 4.58. The first kappa shape index (κ1) is 10.1. The fourth-order valence-corrected chi connectivity index (χ4v) is 2.44. The first-order chi connectivity index (χ1) is 7.12. The summed E-state index contributed by atoms with van der Waals surface area (Å²) in [5.41, 5.74) is 1.49. The standard InChI is InChI=1S/C12H15NO2/c1-12(7-2-3-8-12)10-5-4-6-11(9-10)13(14)15/h4-6,9H,2-3,7-8H2,1H3. The Hall–Kier alpha value is -1.38. The third kappa shape index (κ3) is 1.87. The summed E-state index contributed by atoms with van der Waals surface area (Å²) >= 11 is 0. The van der Waals surface area contributed by atoms with E-state index in [0.717, 1.165) is 18.4 Å². The van der Waals surface area contributed by atoms with Crippen LogP contribution in [-0.2, 0) is 5.41 Å². The molecule has 0 atom stereocenters. The lowest BCUT2D eigenvalue weighted by molar-refractivity contribution is -0.385. The van der Waals surface area contributed by atoms with Gasteiger partial charge in [0.25, 0.3) is 5.69 Å². The lowest BCUT2D eigenvalue weighted by atomic mass is 9.81. The first-order valence-electron chi connectivity index (χ1n) is 5.37. The molecule has 15 heavy (non-hydrogen) atoms. The Morgan fingerprint density at radius 3 is 2.60 bits per heavy atom. The van der Waals surface area contributed by atoms with Crippen molar-refractivity contribution in [3.8, 4) is 0 Å². The van der Waals surface area contributed by atoms with E-state index in [2.05, 4.69) is 6.92 Å². The lowest BCUT2D eigenvalue weighted by Crippen LogP contribution is -2.16. The first-order valence-corrected chi connectivity index (χ1v) is 5.37. The van der Waals surface area contributed by atoms with E-state index in [-0.39, 0.29) is 16.0 Å². The Morgan fingerprint density at radius 1 is 1.33 bits per heavy atom. The van der Waals surface area contributed by atoms with E-state index in [9.17, 15) is 10.1 Å². The third-order valence-corrected chi connectivity index (χ3v) is 3.46. The highest BCUT2D eigenvalue weighted by Crippen LogP contribution is 2.41. The molecule has 0 unspecified atom stereocenters. The molecular formula is C12H15NO2. The highest BCUT2D eigenvalue weighted by atomic mass is 16.6. The van der Waals surface area contributed by atoms with Crippen LogP contribution in [0.4, 0.5) is 5.69 Å². The Kier molecular flexibility index (Phi) is 2.47. The molecule has 1 aliphatic rings. The van der Waals surface area contributed by atoms with E-state index >= 15 is 0 Å². The summed E-state index contributed by atoms with van der Waals surface area (Å²) in [6.45, 7) is 2.21. The number of nitrogens with zero attached hydrogens (tertiary/aromatic N) is 1. The molecular weight excluding hydrogens is 190 g/mol. The normalized spacial score (nSPS) is 19.0. The number of non-ortho nitro benzene ring substituents is 1. The van der Waals surface area contributed by atoms with E-state index in [4.69, 9.17) is 0 Å². The Labute approximate surface area is 89.3 Å². The van der Waals surface area contributed by atoms with Gasteiger partial charge in [0.1, 0.15) is 0 Å². The van der Waals surface area contributed by atoms with Gasteiger partial charge in [-0.15, -0.1) is 0 Å². The van der Waals surface area contributed by atoms with Gasteiger partial charge in [-0.3, -0.25) is 10.1 Å². The molecule has 0 amide bonds. The second kappa shape index (κ2) is 3.65. The molecule has 0 radical (unpaired) electrons. The summed E-state index contributed by atoms with van der Waals surface area (Å²) in [6, 6.07) is 7.09. The predicted molar refractivity (Wildman–Crippen MR) is 58.9 cm³/mol. The molecule has 1 saturated carbocycles. The maximum absolute atomic E-state index is 10.7. The van der Waals surface area contributed by atoms with Gasteiger partial charge < -0.3 is 0 Å². The molecule has 1 aliphatic carbocycles. The fraction of sp³-hybridized carbons (Fsp3) is 0.500. The van der Waals surface area contributed by atoms with E-state index < -0.39 is 0 Å². The van der Waals surface area contributed by atoms with Crippen LogP contribution in [0, 0.1) is 10.1 Å². The van der Waals surface area contributed by atoms with Crippen LogP contribution in [0.1, 0.15) is 38.2 Å². The van der Waals surface area contributed by atoms with Crippen molar-refractivity contribution in [1.29, 1.82) is 0 Å². The van der Waals surface area contributed by atoms with Crippen LogP contribution in [-0.4, -0.2) is 4.92 Å². The minimum Gasteiger partial charge on any atom is -0.258 e. The van der Waals surface area contributed by atoms with Crippen molar-refractivity contribution in [3.63, 3.8) is 0 Å². The molecule has 0 heterocycles. The lowest BCUT2D eigenvalue weighted by Gasteiger charge is -2.23. The number of benzene rings is 1. The van der Waals surface area contributed by atoms with Gasteiger partial charge >= 0.3 is 0 Å². The highest BCUT2D eigenvalue weighted by Gasteiger charge is 2.31. The largest absolute Gasteiger partial charge is 0.269 e. The minimum atomic E-state index is -0.318. The van der Waals surface area contributed by atoms with Crippen LogP contribution < -0.4 is 0 Å². The average Bonchev–Trinajstić information content (AvgIpc) is 2.67. The van der Waals surface area contributed by atoms with Crippen molar-refractivity contribution in [2.24, 2.45) is 0 Å². The molecule has 0 bridgehead atoms. The zero-order valence-electron chi connectivity index (χ0n) is 8.90. The maximum Gasteiger partial charge on any atom is 0.269 e. The number of hydrogen-bond donors (Lipinski definition) is 0. The molecule has 0 spiro atoms. The van der Waals surface area contributed by atoms with Gasteiger partial charge in [-0.25, -0.2) is 0 Å². The van der Waals surface area contributed by atoms with Gasteiger partial charge in [0.2, 0.25) is 0 Å². The van der Waals surface area contributed by atoms with E-state index in [1.165, 1.54) is 12.8 Å². The number of nitro benzene ring substituents is 1. The molecule has 1 aromatic rings. The van der Waals surface area contributed by atoms with Crippen LogP contribution in [0.15, 0.2) is 24.3 Å². The molecule has 2 rings (SSSR count). The minimum absolute atomic E-state index is 0.159. The molecule has 0 aromatic heterocycles. The molecule has 0 saturated heterocycles. The summed E-state index contributed by atoms with van der Waals surface area (Å²) in [6.07, 6.45) is 4.76. The van der Waals surface area contributed by atoms with E-state index in [1.54, 1.807) is 18.2 Å². The number of rotatable bonds is 2. The van der Waals surface area contributed by atoms with Crippen molar-refractivity contribution in [3.05, 3.63) is 39.9 Å². The van der Waals surface area contributed by atoms with Gasteiger partial charge in [0.15, 0.2) is 0 Å². The zero-order valence-corrected chi connectivity index (χ0v) is 8.90.